The summed E-state index contributed by atoms with van der Waals surface area (Å²) in [5, 5.41) is 13.7. The summed E-state index contributed by atoms with van der Waals surface area (Å²) in [6.45, 7) is 4.33. The van der Waals surface area contributed by atoms with Crippen LogP contribution in [0.3, 0.4) is 0 Å². The van der Waals surface area contributed by atoms with Crippen LogP contribution in [-0.2, 0) is 4.74 Å². The Morgan fingerprint density at radius 2 is 1.91 bits per heavy atom. The van der Waals surface area contributed by atoms with Crippen molar-refractivity contribution >= 4 is 45.9 Å². The van der Waals surface area contributed by atoms with Crippen molar-refractivity contribution in [2.75, 3.05) is 36.5 Å². The molecule has 4 N–H and O–H groups in total. The van der Waals surface area contributed by atoms with Crippen LogP contribution < -0.4 is 16.0 Å². The molecule has 9 heteroatoms. The lowest BCUT2D eigenvalue weighted by Gasteiger charge is -2.29. The van der Waals surface area contributed by atoms with Crippen LogP contribution in [0, 0.1) is 0 Å². The number of pyridine rings is 1. The molecule has 0 aliphatic carbocycles. The van der Waals surface area contributed by atoms with Gasteiger partial charge in [-0.25, -0.2) is 9.78 Å². The molecule has 1 aromatic heterocycles. The number of aromatic carboxylic acids is 1. The SMILES string of the molecule is C[C@@H](Nc1ccccc1C(=O)O)c1cc(Cl)cc2c(C(N)=O)cc(N3CCOCC3)nc12. The van der Waals surface area contributed by atoms with Crippen LogP contribution in [0.4, 0.5) is 11.5 Å². The quantitative estimate of drug-likeness (QED) is 0.519. The Morgan fingerprint density at radius 3 is 2.59 bits per heavy atom. The first-order valence-electron chi connectivity index (χ1n) is 10.2. The number of morpholine rings is 1. The maximum atomic E-state index is 12.3. The minimum Gasteiger partial charge on any atom is -0.478 e. The first-order valence-corrected chi connectivity index (χ1v) is 10.6. The van der Waals surface area contributed by atoms with Crippen molar-refractivity contribution in [3.05, 3.63) is 64.2 Å². The van der Waals surface area contributed by atoms with Crippen LogP contribution in [0.15, 0.2) is 42.5 Å². The number of aromatic nitrogens is 1. The van der Waals surface area contributed by atoms with E-state index in [4.69, 9.17) is 27.1 Å². The summed E-state index contributed by atoms with van der Waals surface area (Å²) in [4.78, 5) is 30.8. The van der Waals surface area contributed by atoms with Crippen LogP contribution in [-0.4, -0.2) is 48.3 Å². The number of carbonyl (C=O) groups is 2. The van der Waals surface area contributed by atoms with Gasteiger partial charge in [0.1, 0.15) is 5.82 Å². The van der Waals surface area contributed by atoms with Crippen molar-refractivity contribution in [3.8, 4) is 0 Å². The largest absolute Gasteiger partial charge is 0.478 e. The number of primary amides is 1. The molecule has 0 spiro atoms. The van der Waals surface area contributed by atoms with Crippen molar-refractivity contribution in [1.29, 1.82) is 0 Å². The Labute approximate surface area is 189 Å². The number of ether oxygens (including phenoxy) is 1. The van der Waals surface area contributed by atoms with Crippen LogP contribution in [0.5, 0.6) is 0 Å². The number of nitrogens with one attached hydrogen (secondary N) is 1. The van der Waals surface area contributed by atoms with E-state index in [1.54, 1.807) is 36.4 Å². The molecule has 3 aromatic rings. The molecule has 2 aromatic carbocycles. The Morgan fingerprint density at radius 1 is 1.19 bits per heavy atom. The highest BCUT2D eigenvalue weighted by Gasteiger charge is 2.22. The predicted molar refractivity (Wildman–Crippen MR) is 124 cm³/mol. The van der Waals surface area contributed by atoms with E-state index in [2.05, 4.69) is 5.32 Å². The fraction of sp³-hybridized carbons (Fsp3) is 0.261. The summed E-state index contributed by atoms with van der Waals surface area (Å²) in [6.07, 6.45) is 0. The van der Waals surface area contributed by atoms with Gasteiger partial charge >= 0.3 is 5.97 Å². The molecule has 1 amide bonds. The molecular formula is C23H23ClN4O4. The fourth-order valence-electron chi connectivity index (χ4n) is 3.90. The fourth-order valence-corrected chi connectivity index (χ4v) is 4.13. The topological polar surface area (TPSA) is 118 Å². The van der Waals surface area contributed by atoms with E-state index >= 15 is 0 Å². The highest BCUT2D eigenvalue weighted by molar-refractivity contribution is 6.31. The molecule has 8 nitrogen and oxygen atoms in total. The minimum absolute atomic E-state index is 0.158. The second-order valence-corrected chi connectivity index (χ2v) is 8.04. The lowest BCUT2D eigenvalue weighted by atomic mass is 9.99. The number of benzene rings is 2. The number of hydrogen-bond donors (Lipinski definition) is 3. The average Bonchev–Trinajstić information content (AvgIpc) is 2.78. The molecule has 0 saturated carbocycles. The second kappa shape index (κ2) is 9.02. The van der Waals surface area contributed by atoms with E-state index in [-0.39, 0.29) is 11.6 Å². The van der Waals surface area contributed by atoms with Gasteiger partial charge in [-0.15, -0.1) is 0 Å². The number of hydrogen-bond acceptors (Lipinski definition) is 6. The zero-order valence-corrected chi connectivity index (χ0v) is 18.2. The number of nitrogens with zero attached hydrogens (tertiary/aromatic N) is 2. The molecule has 4 rings (SSSR count). The summed E-state index contributed by atoms with van der Waals surface area (Å²) in [5.41, 5.74) is 7.97. The molecule has 1 aliphatic heterocycles. The van der Waals surface area contributed by atoms with Crippen LogP contribution in [0.2, 0.25) is 5.02 Å². The molecule has 0 unspecified atom stereocenters. The summed E-state index contributed by atoms with van der Waals surface area (Å²) in [6, 6.07) is 11.4. The van der Waals surface area contributed by atoms with Crippen molar-refractivity contribution in [3.63, 3.8) is 0 Å². The number of nitrogens with two attached hydrogens (primary N) is 1. The third kappa shape index (κ3) is 4.32. The monoisotopic (exact) mass is 454 g/mol. The van der Waals surface area contributed by atoms with E-state index in [0.717, 1.165) is 5.56 Å². The summed E-state index contributed by atoms with van der Waals surface area (Å²) < 4.78 is 5.42. The Bertz CT molecular complexity index is 1190. The Hall–Kier alpha value is -3.36. The molecule has 32 heavy (non-hydrogen) atoms. The number of para-hydroxylation sites is 1. The smallest absolute Gasteiger partial charge is 0.337 e. The molecule has 0 bridgehead atoms. The number of fused-ring (bicyclic) bond motifs is 1. The van der Waals surface area contributed by atoms with Gasteiger partial charge in [-0.05, 0) is 37.3 Å². The lowest BCUT2D eigenvalue weighted by Crippen LogP contribution is -2.37. The molecule has 2 heterocycles. The van der Waals surface area contributed by atoms with Crippen molar-refractivity contribution in [2.24, 2.45) is 5.73 Å². The number of carboxylic acid groups (broad SMARTS) is 1. The molecular weight excluding hydrogens is 432 g/mol. The standard InChI is InChI=1S/C23H23ClN4O4/c1-13(26-19-5-3-2-4-15(19)23(30)31)16-10-14(24)11-17-18(22(25)29)12-20(27-21(16)17)28-6-8-32-9-7-28/h2-5,10-13,26H,6-9H2,1H3,(H2,25,29)(H,30,31)/t13-/m1/s1. The van der Waals surface area contributed by atoms with Gasteiger partial charge in [0.25, 0.3) is 0 Å². The number of carbonyl (C=O) groups excluding carboxylic acids is 1. The van der Waals surface area contributed by atoms with E-state index in [0.29, 0.717) is 59.3 Å². The van der Waals surface area contributed by atoms with Crippen LogP contribution >= 0.6 is 11.6 Å². The maximum Gasteiger partial charge on any atom is 0.337 e. The van der Waals surface area contributed by atoms with Gasteiger partial charge < -0.3 is 25.8 Å². The summed E-state index contributed by atoms with van der Waals surface area (Å²) in [5.74, 6) is -0.965. The minimum atomic E-state index is -1.03. The molecule has 0 radical (unpaired) electrons. The number of amides is 1. The first kappa shape index (κ1) is 21.9. The average molecular weight is 455 g/mol. The van der Waals surface area contributed by atoms with Crippen molar-refractivity contribution < 1.29 is 19.4 Å². The molecule has 1 atom stereocenters. The van der Waals surface area contributed by atoms with Gasteiger partial charge in [0.2, 0.25) is 5.91 Å². The van der Waals surface area contributed by atoms with E-state index in [9.17, 15) is 14.7 Å². The van der Waals surface area contributed by atoms with E-state index in [1.807, 2.05) is 11.8 Å². The number of anilines is 2. The number of halogens is 1. The normalized spacial score (nSPS) is 14.9. The third-order valence-corrected chi connectivity index (χ3v) is 5.71. The van der Waals surface area contributed by atoms with Crippen molar-refractivity contribution in [1.82, 2.24) is 4.98 Å². The second-order valence-electron chi connectivity index (χ2n) is 7.60. The predicted octanol–water partition coefficient (Wildman–Crippen LogP) is 3.70. The van der Waals surface area contributed by atoms with Gasteiger partial charge in [0.05, 0.1) is 35.9 Å². The van der Waals surface area contributed by atoms with Crippen molar-refractivity contribution in [2.45, 2.75) is 13.0 Å². The third-order valence-electron chi connectivity index (χ3n) is 5.49. The van der Waals surface area contributed by atoms with Gasteiger partial charge in [0.15, 0.2) is 0 Å². The molecule has 1 saturated heterocycles. The zero-order valence-electron chi connectivity index (χ0n) is 17.5. The van der Waals surface area contributed by atoms with Crippen LogP contribution in [0.25, 0.3) is 10.9 Å². The van der Waals surface area contributed by atoms with Gasteiger partial charge in [0, 0.05) is 34.7 Å². The molecule has 1 aliphatic rings. The highest BCUT2D eigenvalue weighted by atomic mass is 35.5. The molecule has 166 valence electrons. The van der Waals surface area contributed by atoms with E-state index < -0.39 is 11.9 Å². The van der Waals surface area contributed by atoms with Crippen LogP contribution in [0.1, 0.15) is 39.2 Å². The van der Waals surface area contributed by atoms with Gasteiger partial charge in [-0.2, -0.15) is 0 Å². The lowest BCUT2D eigenvalue weighted by molar-refractivity contribution is 0.0697. The van der Waals surface area contributed by atoms with Gasteiger partial charge in [-0.3, -0.25) is 4.79 Å². The van der Waals surface area contributed by atoms with E-state index in [1.165, 1.54) is 6.07 Å². The Kier molecular flexibility index (Phi) is 6.16. The maximum absolute atomic E-state index is 12.3. The number of rotatable bonds is 6. The zero-order chi connectivity index (χ0) is 22.8. The summed E-state index contributed by atoms with van der Waals surface area (Å²) in [7, 11) is 0. The summed E-state index contributed by atoms with van der Waals surface area (Å²) >= 11 is 6.39. The van der Waals surface area contributed by atoms with Gasteiger partial charge in [-0.1, -0.05) is 23.7 Å². The molecule has 1 fully saturated rings. The Balaban J connectivity index is 1.84. The number of carboxylic acids is 1. The highest BCUT2D eigenvalue weighted by Crippen LogP contribution is 2.33. The first-order chi connectivity index (χ1) is 15.3.